The van der Waals surface area contributed by atoms with Crippen LogP contribution >= 0.6 is 11.6 Å². The summed E-state index contributed by atoms with van der Waals surface area (Å²) < 4.78 is 0. The summed E-state index contributed by atoms with van der Waals surface area (Å²) >= 11 is 6.03. The molecule has 0 aliphatic heterocycles. The number of carbonyl (C=O) groups is 3. The zero-order valence-corrected chi connectivity index (χ0v) is 11.7. The van der Waals surface area contributed by atoms with E-state index in [0.717, 1.165) is 6.08 Å². The molecule has 0 atom stereocenters. The Kier molecular flexibility index (Phi) is 5.74. The zero-order valence-electron chi connectivity index (χ0n) is 11.0. The molecule has 1 aromatic rings. The molecule has 2 amide bonds. The summed E-state index contributed by atoms with van der Waals surface area (Å²) in [6.07, 6.45) is 2.28. The first-order valence-electron chi connectivity index (χ1n) is 5.81. The zero-order chi connectivity index (χ0) is 16.0. The standard InChI is InChI=1S/C13H14ClN3O4/c14-10-5-9(3-1-8(10)2-4-13(20)21)17(6-11(15)18)7-12(16)19/h1-5H,6-7H2,(H2,15,18)(H2,16,19)(H,20,21)/b4-2+. The molecule has 0 saturated heterocycles. The lowest BCUT2D eigenvalue weighted by Crippen LogP contribution is -2.39. The van der Waals surface area contributed by atoms with Crippen molar-refractivity contribution in [1.29, 1.82) is 0 Å². The maximum atomic E-state index is 11.0. The SMILES string of the molecule is NC(=O)CN(CC(N)=O)c1ccc(/C=C/C(=O)O)c(Cl)c1. The van der Waals surface area contributed by atoms with Gasteiger partial charge >= 0.3 is 5.97 Å². The van der Waals surface area contributed by atoms with Crippen LogP contribution in [0.5, 0.6) is 0 Å². The molecule has 0 saturated carbocycles. The Morgan fingerprint density at radius 2 is 1.76 bits per heavy atom. The molecule has 112 valence electrons. The second-order valence-corrected chi connectivity index (χ2v) is 4.57. The van der Waals surface area contributed by atoms with Gasteiger partial charge in [0, 0.05) is 16.8 Å². The molecule has 0 heterocycles. The van der Waals surface area contributed by atoms with Crippen molar-refractivity contribution in [3.63, 3.8) is 0 Å². The van der Waals surface area contributed by atoms with Crippen molar-refractivity contribution in [3.8, 4) is 0 Å². The van der Waals surface area contributed by atoms with Crippen molar-refractivity contribution in [2.45, 2.75) is 0 Å². The van der Waals surface area contributed by atoms with E-state index in [1.807, 2.05) is 0 Å². The fourth-order valence-electron chi connectivity index (χ4n) is 1.62. The van der Waals surface area contributed by atoms with E-state index < -0.39 is 17.8 Å². The number of anilines is 1. The number of nitrogens with two attached hydrogens (primary N) is 2. The van der Waals surface area contributed by atoms with Crippen LogP contribution in [0.15, 0.2) is 24.3 Å². The molecule has 8 heteroatoms. The summed E-state index contributed by atoms with van der Waals surface area (Å²) in [5.41, 5.74) is 11.2. The first kappa shape index (κ1) is 16.5. The highest BCUT2D eigenvalue weighted by Crippen LogP contribution is 2.24. The van der Waals surface area contributed by atoms with Gasteiger partial charge in [0.2, 0.25) is 11.8 Å². The minimum Gasteiger partial charge on any atom is -0.478 e. The van der Waals surface area contributed by atoms with E-state index in [4.69, 9.17) is 28.2 Å². The average Bonchev–Trinajstić information content (AvgIpc) is 2.35. The van der Waals surface area contributed by atoms with Crippen molar-refractivity contribution in [2.24, 2.45) is 11.5 Å². The second-order valence-electron chi connectivity index (χ2n) is 4.17. The molecule has 0 unspecified atom stereocenters. The maximum Gasteiger partial charge on any atom is 0.328 e. The summed E-state index contributed by atoms with van der Waals surface area (Å²) in [4.78, 5) is 33.9. The number of halogens is 1. The van der Waals surface area contributed by atoms with Crippen LogP contribution in [-0.2, 0) is 14.4 Å². The number of benzene rings is 1. The van der Waals surface area contributed by atoms with Gasteiger partial charge in [0.25, 0.3) is 0 Å². The molecule has 1 aromatic carbocycles. The smallest absolute Gasteiger partial charge is 0.328 e. The number of nitrogens with zero attached hydrogens (tertiary/aromatic N) is 1. The van der Waals surface area contributed by atoms with Gasteiger partial charge in [-0.15, -0.1) is 0 Å². The average molecular weight is 312 g/mol. The molecular formula is C13H14ClN3O4. The van der Waals surface area contributed by atoms with Crippen LogP contribution in [0, 0.1) is 0 Å². The first-order valence-corrected chi connectivity index (χ1v) is 6.19. The number of carboxylic acid groups (broad SMARTS) is 1. The van der Waals surface area contributed by atoms with Crippen LogP contribution in [0.3, 0.4) is 0 Å². The first-order chi connectivity index (χ1) is 9.79. The fraction of sp³-hybridized carbons (Fsp3) is 0.154. The Bertz CT molecular complexity index is 585. The Balaban J connectivity index is 3.05. The van der Waals surface area contributed by atoms with Crippen LogP contribution in [0.2, 0.25) is 5.02 Å². The van der Waals surface area contributed by atoms with E-state index in [9.17, 15) is 14.4 Å². The molecule has 0 bridgehead atoms. The molecule has 1 rings (SSSR count). The number of primary amides is 2. The van der Waals surface area contributed by atoms with Gasteiger partial charge < -0.3 is 21.5 Å². The Labute approximate surface area is 125 Å². The van der Waals surface area contributed by atoms with E-state index in [1.165, 1.54) is 17.0 Å². The minimum absolute atomic E-state index is 0.191. The lowest BCUT2D eigenvalue weighted by molar-refractivity contribution is -0.131. The molecule has 0 aromatic heterocycles. The maximum absolute atomic E-state index is 11.0. The second kappa shape index (κ2) is 7.30. The third kappa shape index (κ3) is 5.53. The van der Waals surface area contributed by atoms with Crippen LogP contribution in [-0.4, -0.2) is 36.0 Å². The topological polar surface area (TPSA) is 127 Å². The largest absolute Gasteiger partial charge is 0.478 e. The lowest BCUT2D eigenvalue weighted by Gasteiger charge is -2.22. The monoisotopic (exact) mass is 311 g/mol. The van der Waals surface area contributed by atoms with E-state index >= 15 is 0 Å². The number of carbonyl (C=O) groups excluding carboxylic acids is 2. The van der Waals surface area contributed by atoms with Crippen molar-refractivity contribution in [1.82, 2.24) is 0 Å². The van der Waals surface area contributed by atoms with Gasteiger partial charge in [-0.25, -0.2) is 4.79 Å². The van der Waals surface area contributed by atoms with E-state index in [1.54, 1.807) is 12.1 Å². The molecule has 7 nitrogen and oxygen atoms in total. The minimum atomic E-state index is -1.10. The van der Waals surface area contributed by atoms with Crippen LogP contribution in [0.4, 0.5) is 5.69 Å². The highest BCUT2D eigenvalue weighted by atomic mass is 35.5. The predicted molar refractivity (Wildman–Crippen MR) is 78.7 cm³/mol. The number of hydrogen-bond acceptors (Lipinski definition) is 4. The normalized spacial score (nSPS) is 10.5. The lowest BCUT2D eigenvalue weighted by atomic mass is 10.1. The van der Waals surface area contributed by atoms with E-state index in [-0.39, 0.29) is 18.1 Å². The quantitative estimate of drug-likeness (QED) is 0.621. The molecule has 0 radical (unpaired) electrons. The number of aliphatic carboxylic acids is 1. The summed E-state index contributed by atoms with van der Waals surface area (Å²) in [6.45, 7) is -0.382. The predicted octanol–water partition coefficient (Wildman–Crippen LogP) is 0.215. The number of rotatable bonds is 7. The van der Waals surface area contributed by atoms with Crippen molar-refractivity contribution in [2.75, 3.05) is 18.0 Å². The molecule has 21 heavy (non-hydrogen) atoms. The van der Waals surface area contributed by atoms with E-state index in [0.29, 0.717) is 11.3 Å². The van der Waals surface area contributed by atoms with Crippen LogP contribution < -0.4 is 16.4 Å². The number of hydrogen-bond donors (Lipinski definition) is 3. The fourth-order valence-corrected chi connectivity index (χ4v) is 1.86. The van der Waals surface area contributed by atoms with E-state index in [2.05, 4.69) is 0 Å². The molecule has 5 N–H and O–H groups in total. The molecular weight excluding hydrogens is 298 g/mol. The number of carboxylic acids is 1. The van der Waals surface area contributed by atoms with Crippen LogP contribution in [0.1, 0.15) is 5.56 Å². The van der Waals surface area contributed by atoms with Crippen molar-refractivity contribution in [3.05, 3.63) is 34.9 Å². The van der Waals surface area contributed by atoms with Gasteiger partial charge in [0.15, 0.2) is 0 Å². The third-order valence-electron chi connectivity index (χ3n) is 2.45. The van der Waals surface area contributed by atoms with Gasteiger partial charge in [0.05, 0.1) is 13.1 Å². The summed E-state index contributed by atoms with van der Waals surface area (Å²) in [6, 6.07) is 4.64. The van der Waals surface area contributed by atoms with Gasteiger partial charge in [0.1, 0.15) is 0 Å². The molecule has 0 spiro atoms. The van der Waals surface area contributed by atoms with Gasteiger partial charge in [-0.2, -0.15) is 0 Å². The van der Waals surface area contributed by atoms with Crippen LogP contribution in [0.25, 0.3) is 6.08 Å². The highest BCUT2D eigenvalue weighted by molar-refractivity contribution is 6.32. The van der Waals surface area contributed by atoms with Crippen molar-refractivity contribution >= 4 is 41.1 Å². The Hall–Kier alpha value is -2.54. The van der Waals surface area contributed by atoms with Gasteiger partial charge in [-0.05, 0) is 23.8 Å². The molecule has 0 aliphatic carbocycles. The van der Waals surface area contributed by atoms with Gasteiger partial charge in [-0.3, -0.25) is 9.59 Å². The third-order valence-corrected chi connectivity index (χ3v) is 2.78. The molecule has 0 aliphatic rings. The Morgan fingerprint density at radius 3 is 2.19 bits per heavy atom. The van der Waals surface area contributed by atoms with Crippen molar-refractivity contribution < 1.29 is 19.5 Å². The highest BCUT2D eigenvalue weighted by Gasteiger charge is 2.13. The summed E-state index contributed by atoms with van der Waals surface area (Å²) in [5, 5.41) is 8.83. The molecule has 0 fully saturated rings. The summed E-state index contributed by atoms with van der Waals surface area (Å²) in [5.74, 6) is -2.34. The number of amides is 2. The van der Waals surface area contributed by atoms with Gasteiger partial charge in [-0.1, -0.05) is 17.7 Å². The summed E-state index contributed by atoms with van der Waals surface area (Å²) in [7, 11) is 0. The Morgan fingerprint density at radius 1 is 1.19 bits per heavy atom.